The van der Waals surface area contributed by atoms with E-state index in [9.17, 15) is 9.59 Å². The van der Waals surface area contributed by atoms with Crippen molar-refractivity contribution in [1.82, 2.24) is 14.9 Å². The molecule has 1 aliphatic rings. The van der Waals surface area contributed by atoms with Crippen LogP contribution in [0.5, 0.6) is 0 Å². The summed E-state index contributed by atoms with van der Waals surface area (Å²) in [5.74, 6) is 0. The lowest BCUT2D eigenvalue weighted by Crippen LogP contribution is -2.35. The molecule has 0 aromatic carbocycles. The van der Waals surface area contributed by atoms with Crippen molar-refractivity contribution in [2.24, 2.45) is 5.73 Å². The van der Waals surface area contributed by atoms with Crippen LogP contribution in [0, 0.1) is 0 Å². The van der Waals surface area contributed by atoms with E-state index in [1.807, 2.05) is 0 Å². The smallest absolute Gasteiger partial charge is 0.330 e. The van der Waals surface area contributed by atoms with Gasteiger partial charge in [0, 0.05) is 18.3 Å². The second-order valence-electron chi connectivity index (χ2n) is 5.83. The first kappa shape index (κ1) is 18.6. The highest BCUT2D eigenvalue weighted by Gasteiger charge is 2.21. The zero-order valence-corrected chi connectivity index (χ0v) is 13.7. The van der Waals surface area contributed by atoms with Crippen molar-refractivity contribution >= 4 is 0 Å². The number of H-pyrrole nitrogens is 1. The molecule has 0 unspecified atom stereocenters. The summed E-state index contributed by atoms with van der Waals surface area (Å²) in [5.41, 5.74) is 5.00. The molecule has 0 radical (unpaired) electrons. The fourth-order valence-corrected chi connectivity index (χ4v) is 2.56. The van der Waals surface area contributed by atoms with Gasteiger partial charge in [-0.15, -0.1) is 0 Å². The van der Waals surface area contributed by atoms with Crippen molar-refractivity contribution in [2.75, 3.05) is 19.7 Å². The molecule has 1 aromatic rings. The average Bonchev–Trinajstić information content (AvgIpc) is 3.04. The van der Waals surface area contributed by atoms with Gasteiger partial charge in [0.15, 0.2) is 6.23 Å². The monoisotopic (exact) mass is 338 g/mol. The summed E-state index contributed by atoms with van der Waals surface area (Å²) in [6, 6.07) is 0. The van der Waals surface area contributed by atoms with Gasteiger partial charge in [-0.05, 0) is 32.0 Å². The minimum absolute atomic E-state index is 0.149. The van der Waals surface area contributed by atoms with E-state index in [0.717, 1.165) is 38.8 Å². The maximum absolute atomic E-state index is 12.0. The number of aromatic nitrogens is 2. The summed E-state index contributed by atoms with van der Waals surface area (Å²) >= 11 is 0. The van der Waals surface area contributed by atoms with Crippen LogP contribution < -0.4 is 22.3 Å². The summed E-state index contributed by atoms with van der Waals surface area (Å²) < 4.78 is 6.83. The molecule has 5 N–H and O–H groups in total. The molecule has 134 valence electrons. The van der Waals surface area contributed by atoms with E-state index in [0.29, 0.717) is 12.1 Å². The quantitative estimate of drug-likeness (QED) is 0.340. The van der Waals surface area contributed by atoms with Crippen LogP contribution in [-0.4, -0.2) is 40.5 Å². The molecule has 0 amide bonds. The Morgan fingerprint density at radius 1 is 1.25 bits per heavy atom. The zero-order valence-electron chi connectivity index (χ0n) is 13.7. The molecule has 8 nitrogen and oxygen atoms in total. The van der Waals surface area contributed by atoms with Gasteiger partial charge in [-0.1, -0.05) is 18.9 Å². The van der Waals surface area contributed by atoms with E-state index in [1.165, 1.54) is 10.8 Å². The third kappa shape index (κ3) is 5.13. The van der Waals surface area contributed by atoms with Crippen molar-refractivity contribution in [1.29, 1.82) is 0 Å². The van der Waals surface area contributed by atoms with Crippen LogP contribution >= 0.6 is 0 Å². The van der Waals surface area contributed by atoms with E-state index in [-0.39, 0.29) is 6.61 Å². The van der Waals surface area contributed by atoms with Crippen LogP contribution in [0.2, 0.25) is 0 Å². The molecule has 2 heterocycles. The van der Waals surface area contributed by atoms with Gasteiger partial charge in [0.25, 0.3) is 5.56 Å². The van der Waals surface area contributed by atoms with Crippen LogP contribution in [0.25, 0.3) is 0 Å². The number of unbranched alkanes of at least 4 members (excludes halogenated alkanes) is 3. The lowest BCUT2D eigenvalue weighted by atomic mass is 10.2. The fraction of sp³-hybridized carbons (Fsp3) is 0.625. The van der Waals surface area contributed by atoms with Crippen molar-refractivity contribution in [3.8, 4) is 0 Å². The van der Waals surface area contributed by atoms with Crippen LogP contribution in [0.1, 0.15) is 37.5 Å². The topological polar surface area (TPSA) is 122 Å². The highest BCUT2D eigenvalue weighted by Crippen LogP contribution is 2.18. The Bertz CT molecular complexity index is 652. The summed E-state index contributed by atoms with van der Waals surface area (Å²) in [6.45, 7) is 1.75. The van der Waals surface area contributed by atoms with Gasteiger partial charge in [0.2, 0.25) is 0 Å². The highest BCUT2D eigenvalue weighted by atomic mass is 16.5. The lowest BCUT2D eigenvalue weighted by Gasteiger charge is -2.15. The van der Waals surface area contributed by atoms with E-state index in [4.69, 9.17) is 15.6 Å². The Labute approximate surface area is 140 Å². The maximum atomic E-state index is 12.0. The van der Waals surface area contributed by atoms with Gasteiger partial charge in [0.05, 0.1) is 6.61 Å². The molecule has 0 saturated carbocycles. The Morgan fingerprint density at radius 3 is 2.75 bits per heavy atom. The van der Waals surface area contributed by atoms with Gasteiger partial charge in [-0.25, -0.2) is 4.79 Å². The summed E-state index contributed by atoms with van der Waals surface area (Å²) in [4.78, 5) is 26.2. The Kier molecular flexibility index (Phi) is 7.38. The lowest BCUT2D eigenvalue weighted by molar-refractivity contribution is -0.0104. The number of rotatable bonds is 10. The van der Waals surface area contributed by atoms with E-state index < -0.39 is 23.6 Å². The average molecular weight is 338 g/mol. The number of aromatic amines is 1. The first-order chi connectivity index (χ1) is 11.7. The normalized spacial score (nSPS) is 19.9. The first-order valence-electron chi connectivity index (χ1n) is 8.35. The molecular weight excluding hydrogens is 312 g/mol. The Balaban J connectivity index is 1.91. The predicted octanol–water partition coefficient (Wildman–Crippen LogP) is -0.409. The molecule has 2 atom stereocenters. The first-order valence-corrected chi connectivity index (χ1v) is 8.35. The third-order valence-corrected chi connectivity index (χ3v) is 3.92. The summed E-state index contributed by atoms with van der Waals surface area (Å²) in [5, 5.41) is 12.3. The van der Waals surface area contributed by atoms with Crippen LogP contribution in [0.15, 0.2) is 27.9 Å². The van der Waals surface area contributed by atoms with Gasteiger partial charge in [-0.2, -0.15) is 0 Å². The summed E-state index contributed by atoms with van der Waals surface area (Å²) in [7, 11) is 0. The second kappa shape index (κ2) is 9.53. The molecule has 0 aliphatic carbocycles. The van der Waals surface area contributed by atoms with Crippen molar-refractivity contribution in [3.63, 3.8) is 0 Å². The molecule has 8 heteroatoms. The SMILES string of the molecule is NCCCCCCNCc1cn([C@@H]2C=C[C@H](CO)O2)c(=O)[nH]c1=O. The molecule has 1 aromatic heterocycles. The van der Waals surface area contributed by atoms with E-state index in [2.05, 4.69) is 10.3 Å². The van der Waals surface area contributed by atoms with Gasteiger partial charge >= 0.3 is 5.69 Å². The molecule has 1 aliphatic heterocycles. The van der Waals surface area contributed by atoms with Gasteiger partial charge in [0.1, 0.15) is 6.10 Å². The minimum Gasteiger partial charge on any atom is -0.393 e. The second-order valence-corrected chi connectivity index (χ2v) is 5.83. The number of aliphatic hydroxyl groups excluding tert-OH is 1. The Morgan fingerprint density at radius 2 is 2.04 bits per heavy atom. The number of aliphatic hydroxyl groups is 1. The fourth-order valence-electron chi connectivity index (χ4n) is 2.56. The molecule has 0 spiro atoms. The van der Waals surface area contributed by atoms with Crippen LogP contribution in [0.3, 0.4) is 0 Å². The van der Waals surface area contributed by atoms with Crippen LogP contribution in [0.4, 0.5) is 0 Å². The van der Waals surface area contributed by atoms with Gasteiger partial charge < -0.3 is 20.9 Å². The standard InChI is InChI=1S/C16H26N4O4/c17-7-3-1-2-4-8-18-9-12-10-20(16(23)19-15(12)22)14-6-5-13(11-21)24-14/h5-6,10,13-14,18,21H,1-4,7-9,11,17H2,(H,19,22,23)/t13-,14+/m1/s1. The molecule has 24 heavy (non-hydrogen) atoms. The molecule has 0 bridgehead atoms. The third-order valence-electron chi connectivity index (χ3n) is 3.92. The number of hydrogen-bond donors (Lipinski definition) is 4. The predicted molar refractivity (Wildman–Crippen MR) is 90.7 cm³/mol. The molecule has 2 rings (SSSR count). The molecular formula is C16H26N4O4. The van der Waals surface area contributed by atoms with Crippen molar-refractivity contribution in [3.05, 3.63) is 44.8 Å². The summed E-state index contributed by atoms with van der Waals surface area (Å²) in [6.07, 6.45) is 8.13. The van der Waals surface area contributed by atoms with Crippen LogP contribution in [-0.2, 0) is 11.3 Å². The van der Waals surface area contributed by atoms with Gasteiger partial charge in [-0.3, -0.25) is 14.3 Å². The minimum atomic E-state index is -0.610. The highest BCUT2D eigenvalue weighted by molar-refractivity contribution is 5.08. The number of nitrogens with one attached hydrogen (secondary N) is 2. The van der Waals surface area contributed by atoms with E-state index >= 15 is 0 Å². The van der Waals surface area contributed by atoms with Crippen molar-refractivity contribution in [2.45, 2.75) is 44.6 Å². The Hall–Kier alpha value is -1.74. The molecule has 0 saturated heterocycles. The number of hydrogen-bond acceptors (Lipinski definition) is 6. The largest absolute Gasteiger partial charge is 0.393 e. The molecule has 0 fully saturated rings. The van der Waals surface area contributed by atoms with E-state index in [1.54, 1.807) is 12.2 Å². The maximum Gasteiger partial charge on any atom is 0.330 e. The van der Waals surface area contributed by atoms with Crippen molar-refractivity contribution < 1.29 is 9.84 Å². The zero-order chi connectivity index (χ0) is 17.4. The number of nitrogens with zero attached hydrogens (tertiary/aromatic N) is 1. The number of ether oxygens (including phenoxy) is 1. The number of nitrogens with two attached hydrogens (primary N) is 1.